The SMILES string of the molecule is CCSc1nc(NCC(C)C)c2cnn(CCNC(=O)CCCCl)c2n1. The quantitative estimate of drug-likeness (QED) is 0.343. The number of amides is 1. The van der Waals surface area contributed by atoms with Gasteiger partial charge >= 0.3 is 0 Å². The van der Waals surface area contributed by atoms with Crippen LogP contribution in [0.1, 0.15) is 33.6 Å². The summed E-state index contributed by atoms with van der Waals surface area (Å²) in [4.78, 5) is 21.0. The van der Waals surface area contributed by atoms with E-state index in [4.69, 9.17) is 11.6 Å². The van der Waals surface area contributed by atoms with E-state index in [9.17, 15) is 4.79 Å². The summed E-state index contributed by atoms with van der Waals surface area (Å²) in [6, 6.07) is 0. The number of hydrogen-bond donors (Lipinski definition) is 2. The molecule has 26 heavy (non-hydrogen) atoms. The molecule has 0 aliphatic heterocycles. The predicted molar refractivity (Wildman–Crippen MR) is 108 cm³/mol. The summed E-state index contributed by atoms with van der Waals surface area (Å²) in [5, 5.41) is 12.4. The Balaban J connectivity index is 2.13. The maximum Gasteiger partial charge on any atom is 0.220 e. The highest BCUT2D eigenvalue weighted by Gasteiger charge is 2.13. The van der Waals surface area contributed by atoms with E-state index in [1.807, 2.05) is 4.68 Å². The minimum Gasteiger partial charge on any atom is -0.369 e. The van der Waals surface area contributed by atoms with Crippen LogP contribution < -0.4 is 10.6 Å². The molecule has 1 amide bonds. The second-order valence-corrected chi connectivity index (χ2v) is 7.92. The highest BCUT2D eigenvalue weighted by Crippen LogP contribution is 2.24. The first-order valence-corrected chi connectivity index (χ1v) is 10.5. The third-order valence-electron chi connectivity index (χ3n) is 3.61. The maximum absolute atomic E-state index is 11.7. The van der Waals surface area contributed by atoms with Gasteiger partial charge in [0.2, 0.25) is 5.91 Å². The number of hydrogen-bond acceptors (Lipinski definition) is 6. The molecule has 0 unspecified atom stereocenters. The molecule has 0 spiro atoms. The number of anilines is 1. The fourth-order valence-electron chi connectivity index (χ4n) is 2.35. The fourth-order valence-corrected chi connectivity index (χ4v) is 3.04. The number of halogens is 1. The number of thioether (sulfide) groups is 1. The second kappa shape index (κ2) is 10.6. The molecule has 2 heterocycles. The lowest BCUT2D eigenvalue weighted by Crippen LogP contribution is -2.27. The summed E-state index contributed by atoms with van der Waals surface area (Å²) in [6.07, 6.45) is 2.92. The molecule has 0 aliphatic carbocycles. The molecule has 2 aromatic heterocycles. The fraction of sp³-hybridized carbons (Fsp3) is 0.647. The van der Waals surface area contributed by atoms with Gasteiger partial charge < -0.3 is 10.6 Å². The standard InChI is InChI=1S/C17H27ClN6OS/c1-4-26-17-22-15(20-10-12(2)3)13-11-21-24(16(13)23-17)9-8-19-14(25)6-5-7-18/h11-12H,4-10H2,1-3H3,(H,19,25)(H,20,22,23). The molecule has 0 saturated heterocycles. The van der Waals surface area contributed by atoms with Gasteiger partial charge in [-0.05, 0) is 18.1 Å². The van der Waals surface area contributed by atoms with Crippen LogP contribution in [0.4, 0.5) is 5.82 Å². The van der Waals surface area contributed by atoms with E-state index in [2.05, 4.69) is 46.5 Å². The molecule has 0 bridgehead atoms. The number of carbonyl (C=O) groups is 1. The van der Waals surface area contributed by atoms with Gasteiger partial charge in [-0.25, -0.2) is 14.6 Å². The van der Waals surface area contributed by atoms with Crippen molar-refractivity contribution in [3.8, 4) is 0 Å². The molecule has 9 heteroatoms. The van der Waals surface area contributed by atoms with Crippen LogP contribution in [0, 0.1) is 5.92 Å². The lowest BCUT2D eigenvalue weighted by atomic mass is 10.2. The van der Waals surface area contributed by atoms with Crippen molar-refractivity contribution in [1.82, 2.24) is 25.1 Å². The van der Waals surface area contributed by atoms with Crippen molar-refractivity contribution in [3.05, 3.63) is 6.20 Å². The van der Waals surface area contributed by atoms with Crippen LogP contribution in [0.5, 0.6) is 0 Å². The number of fused-ring (bicyclic) bond motifs is 1. The Morgan fingerprint density at radius 3 is 2.88 bits per heavy atom. The third kappa shape index (κ3) is 6.02. The maximum atomic E-state index is 11.7. The summed E-state index contributed by atoms with van der Waals surface area (Å²) < 4.78 is 1.82. The van der Waals surface area contributed by atoms with E-state index >= 15 is 0 Å². The summed E-state index contributed by atoms with van der Waals surface area (Å²) >= 11 is 7.21. The Morgan fingerprint density at radius 2 is 2.19 bits per heavy atom. The van der Waals surface area contributed by atoms with E-state index in [0.717, 1.165) is 34.3 Å². The van der Waals surface area contributed by atoms with Crippen molar-refractivity contribution >= 4 is 46.1 Å². The Morgan fingerprint density at radius 1 is 1.38 bits per heavy atom. The van der Waals surface area contributed by atoms with Gasteiger partial charge in [-0.1, -0.05) is 32.5 Å². The van der Waals surface area contributed by atoms with E-state index < -0.39 is 0 Å². The normalized spacial score (nSPS) is 11.3. The van der Waals surface area contributed by atoms with E-state index in [0.29, 0.717) is 37.7 Å². The van der Waals surface area contributed by atoms with E-state index in [-0.39, 0.29) is 5.91 Å². The number of nitrogens with one attached hydrogen (secondary N) is 2. The van der Waals surface area contributed by atoms with Crippen molar-refractivity contribution in [1.29, 1.82) is 0 Å². The molecule has 0 fully saturated rings. The third-order valence-corrected chi connectivity index (χ3v) is 4.61. The largest absolute Gasteiger partial charge is 0.369 e. The molecular weight excluding hydrogens is 372 g/mol. The number of nitrogens with zero attached hydrogens (tertiary/aromatic N) is 4. The van der Waals surface area contributed by atoms with Crippen LogP contribution in [0.25, 0.3) is 11.0 Å². The number of rotatable bonds is 11. The summed E-state index contributed by atoms with van der Waals surface area (Å²) in [5.41, 5.74) is 0.789. The summed E-state index contributed by atoms with van der Waals surface area (Å²) in [5.74, 6) is 2.74. The van der Waals surface area contributed by atoms with Crippen molar-refractivity contribution in [2.45, 2.75) is 45.3 Å². The number of alkyl halides is 1. The van der Waals surface area contributed by atoms with Gasteiger partial charge in [0.25, 0.3) is 0 Å². The molecule has 0 atom stereocenters. The monoisotopic (exact) mass is 398 g/mol. The van der Waals surface area contributed by atoms with Crippen molar-refractivity contribution in [2.24, 2.45) is 5.92 Å². The molecule has 0 aliphatic rings. The van der Waals surface area contributed by atoms with Gasteiger partial charge in [-0.15, -0.1) is 11.6 Å². The predicted octanol–water partition coefficient (Wildman–Crippen LogP) is 3.14. The van der Waals surface area contributed by atoms with Crippen LogP contribution >= 0.6 is 23.4 Å². The van der Waals surface area contributed by atoms with Gasteiger partial charge in [-0.3, -0.25) is 4.79 Å². The highest BCUT2D eigenvalue weighted by atomic mass is 35.5. The Bertz CT molecular complexity index is 721. The Kier molecular flexibility index (Phi) is 8.44. The van der Waals surface area contributed by atoms with Gasteiger partial charge in [-0.2, -0.15) is 5.10 Å². The van der Waals surface area contributed by atoms with Gasteiger partial charge in [0.05, 0.1) is 18.1 Å². The van der Waals surface area contributed by atoms with Crippen molar-refractivity contribution in [2.75, 3.05) is 30.0 Å². The Hall–Kier alpha value is -1.54. The van der Waals surface area contributed by atoms with Crippen LogP contribution in [-0.2, 0) is 11.3 Å². The Labute approximate surface area is 163 Å². The molecule has 7 nitrogen and oxygen atoms in total. The lowest BCUT2D eigenvalue weighted by molar-refractivity contribution is -0.121. The molecule has 0 aromatic carbocycles. The van der Waals surface area contributed by atoms with Gasteiger partial charge in [0.15, 0.2) is 10.8 Å². The van der Waals surface area contributed by atoms with Gasteiger partial charge in [0, 0.05) is 25.4 Å². The lowest BCUT2D eigenvalue weighted by Gasteiger charge is -2.11. The summed E-state index contributed by atoms with van der Waals surface area (Å²) in [7, 11) is 0. The van der Waals surface area contributed by atoms with Crippen LogP contribution in [0.2, 0.25) is 0 Å². The first kappa shape index (κ1) is 20.8. The second-order valence-electron chi connectivity index (χ2n) is 6.31. The minimum absolute atomic E-state index is 0.0123. The smallest absolute Gasteiger partial charge is 0.220 e. The molecule has 0 saturated carbocycles. The average Bonchev–Trinajstić information content (AvgIpc) is 3.01. The molecule has 2 N–H and O–H groups in total. The molecule has 2 aromatic rings. The zero-order valence-corrected chi connectivity index (χ0v) is 17.2. The van der Waals surface area contributed by atoms with Crippen LogP contribution in [-0.4, -0.2) is 50.4 Å². The first-order valence-electron chi connectivity index (χ1n) is 8.98. The molecule has 0 radical (unpaired) electrons. The first-order chi connectivity index (χ1) is 12.5. The highest BCUT2D eigenvalue weighted by molar-refractivity contribution is 7.99. The van der Waals surface area contributed by atoms with Crippen LogP contribution in [0.3, 0.4) is 0 Å². The zero-order chi connectivity index (χ0) is 18.9. The number of aromatic nitrogens is 4. The number of carbonyl (C=O) groups excluding carboxylic acids is 1. The molecule has 144 valence electrons. The molecular formula is C17H27ClN6OS. The molecule has 2 rings (SSSR count). The topological polar surface area (TPSA) is 84.7 Å². The average molecular weight is 399 g/mol. The minimum atomic E-state index is 0.0123. The van der Waals surface area contributed by atoms with E-state index in [1.165, 1.54) is 0 Å². The van der Waals surface area contributed by atoms with Gasteiger partial charge in [0.1, 0.15) is 5.82 Å². The van der Waals surface area contributed by atoms with Crippen molar-refractivity contribution in [3.63, 3.8) is 0 Å². The zero-order valence-electron chi connectivity index (χ0n) is 15.6. The van der Waals surface area contributed by atoms with E-state index in [1.54, 1.807) is 18.0 Å². The van der Waals surface area contributed by atoms with Crippen LogP contribution in [0.15, 0.2) is 11.4 Å². The van der Waals surface area contributed by atoms with Crippen molar-refractivity contribution < 1.29 is 4.79 Å². The summed E-state index contributed by atoms with van der Waals surface area (Å²) in [6.45, 7) is 8.30.